The Labute approximate surface area is 145 Å². The third-order valence-corrected chi connectivity index (χ3v) is 5.56. The quantitative estimate of drug-likeness (QED) is 0.545. The largest absolute Gasteiger partial charge is 1.00 e. The molecule has 5 nitrogen and oxygen atoms in total. The summed E-state index contributed by atoms with van der Waals surface area (Å²) in [6.07, 6.45) is 0. The van der Waals surface area contributed by atoms with Crippen molar-refractivity contribution in [3.05, 3.63) is 35.4 Å². The number of hydrogen-bond donors (Lipinski definition) is 2. The number of benzene rings is 1. The molecule has 3 fully saturated rings. The van der Waals surface area contributed by atoms with Crippen LogP contribution in [0.3, 0.4) is 0 Å². The number of primary amides is 1. The molecule has 6 heteroatoms. The van der Waals surface area contributed by atoms with E-state index in [0.29, 0.717) is 6.54 Å². The van der Waals surface area contributed by atoms with Crippen LogP contribution in [0.2, 0.25) is 0 Å². The van der Waals surface area contributed by atoms with Crippen LogP contribution in [0.15, 0.2) is 24.3 Å². The first-order chi connectivity index (χ1) is 10.5. The van der Waals surface area contributed by atoms with E-state index < -0.39 is 0 Å². The molecule has 3 aliphatic heterocycles. The molecule has 3 aliphatic rings. The van der Waals surface area contributed by atoms with Gasteiger partial charge < -0.3 is 32.4 Å². The van der Waals surface area contributed by atoms with Gasteiger partial charge in [-0.25, -0.2) is 0 Å². The molecule has 0 spiro atoms. The maximum absolute atomic E-state index is 11.3. The van der Waals surface area contributed by atoms with Crippen molar-refractivity contribution < 1.29 is 26.2 Å². The number of carbonyl (C=O) groups is 1. The summed E-state index contributed by atoms with van der Waals surface area (Å²) in [5.41, 5.74) is 8.19. The molecule has 23 heavy (non-hydrogen) atoms. The van der Waals surface area contributed by atoms with Crippen LogP contribution >= 0.6 is 0 Å². The Morgan fingerprint density at radius 1 is 1.00 bits per heavy atom. The van der Waals surface area contributed by atoms with Crippen molar-refractivity contribution in [2.75, 3.05) is 52.9 Å². The molecule has 2 bridgehead atoms. The van der Waals surface area contributed by atoms with Crippen molar-refractivity contribution in [1.82, 2.24) is 5.32 Å². The summed E-state index contributed by atoms with van der Waals surface area (Å²) >= 11 is 0. The number of hydrogen-bond acceptors (Lipinski definition) is 2. The highest BCUT2D eigenvalue weighted by molar-refractivity contribution is 5.74. The Morgan fingerprint density at radius 2 is 1.48 bits per heavy atom. The van der Waals surface area contributed by atoms with Gasteiger partial charge in [0.2, 0.25) is 0 Å². The summed E-state index contributed by atoms with van der Waals surface area (Å²) in [4.78, 5) is 11.3. The highest BCUT2D eigenvalue weighted by Gasteiger charge is 2.49. The summed E-state index contributed by atoms with van der Waals surface area (Å²) in [5.74, 6) is -0.151. The molecule has 3 heterocycles. The average molecular weight is 340 g/mol. The fraction of sp³-hybridized carbons (Fsp3) is 0.588. The number of rotatable bonds is 6. The van der Waals surface area contributed by atoms with Crippen LogP contribution in [0.25, 0.3) is 0 Å². The lowest BCUT2D eigenvalue weighted by Crippen LogP contribution is -3.00. The van der Waals surface area contributed by atoms with Gasteiger partial charge in [0.25, 0.3) is 5.91 Å². The molecule has 0 aliphatic carbocycles. The SMILES string of the molecule is CNCc1ccc(C[N+]23CC[N+](CC(N)=O)(CC2)CC3)cc1.[Cl-]. The van der Waals surface area contributed by atoms with Gasteiger partial charge >= 0.3 is 0 Å². The molecule has 3 saturated heterocycles. The molecule has 1 aromatic rings. The van der Waals surface area contributed by atoms with E-state index in [2.05, 4.69) is 29.6 Å². The van der Waals surface area contributed by atoms with E-state index in [-0.39, 0.29) is 18.3 Å². The zero-order chi connectivity index (χ0) is 15.6. The van der Waals surface area contributed by atoms with Crippen molar-refractivity contribution in [2.45, 2.75) is 13.1 Å². The second-order valence-corrected chi connectivity index (χ2v) is 7.15. The van der Waals surface area contributed by atoms with Crippen molar-refractivity contribution >= 4 is 5.91 Å². The van der Waals surface area contributed by atoms with E-state index in [9.17, 15) is 4.79 Å². The van der Waals surface area contributed by atoms with Crippen molar-refractivity contribution in [2.24, 2.45) is 5.73 Å². The minimum atomic E-state index is -0.151. The van der Waals surface area contributed by atoms with Gasteiger partial charge in [-0.3, -0.25) is 4.79 Å². The first-order valence-corrected chi connectivity index (χ1v) is 8.26. The van der Waals surface area contributed by atoms with Crippen molar-refractivity contribution in [3.8, 4) is 0 Å². The van der Waals surface area contributed by atoms with Crippen LogP contribution in [-0.4, -0.2) is 67.7 Å². The number of amides is 1. The normalized spacial score (nSPS) is 29.1. The molecule has 128 valence electrons. The molecule has 0 saturated carbocycles. The van der Waals surface area contributed by atoms with Gasteiger partial charge in [0.15, 0.2) is 6.54 Å². The summed E-state index contributed by atoms with van der Waals surface area (Å²) in [6, 6.07) is 9.00. The van der Waals surface area contributed by atoms with Gasteiger partial charge in [-0.1, -0.05) is 24.3 Å². The highest BCUT2D eigenvalue weighted by atomic mass is 35.5. The lowest BCUT2D eigenvalue weighted by atomic mass is 10.0. The third-order valence-electron chi connectivity index (χ3n) is 5.56. The fourth-order valence-electron chi connectivity index (χ4n) is 4.10. The van der Waals surface area contributed by atoms with Gasteiger partial charge in [0.05, 0.1) is 0 Å². The van der Waals surface area contributed by atoms with Gasteiger partial charge in [0, 0.05) is 12.1 Å². The molecule has 3 N–H and O–H groups in total. The Bertz CT molecular complexity index is 521. The standard InChI is InChI=1S/C17H27N4O.ClH/c1-19-12-15-2-4-16(5-3-15)13-20-6-9-21(10-7-20,11-8-20)14-17(18)22;/h2-5,19H,6-14H2,1H3,(H-,18,22);1H/q+1;. The fourth-order valence-corrected chi connectivity index (χ4v) is 4.10. The zero-order valence-corrected chi connectivity index (χ0v) is 14.7. The Kier molecular flexibility index (Phi) is 5.68. The number of halogens is 1. The number of piperazine rings is 3. The van der Waals surface area contributed by atoms with Crippen LogP contribution < -0.4 is 23.5 Å². The van der Waals surface area contributed by atoms with Crippen LogP contribution in [0.5, 0.6) is 0 Å². The van der Waals surface area contributed by atoms with Crippen molar-refractivity contribution in [1.29, 1.82) is 0 Å². The lowest BCUT2D eigenvalue weighted by Gasteiger charge is -2.55. The van der Waals surface area contributed by atoms with Crippen LogP contribution in [0.1, 0.15) is 11.1 Å². The third kappa shape index (κ3) is 4.04. The summed E-state index contributed by atoms with van der Waals surface area (Å²) in [6.45, 7) is 9.38. The molecule has 0 radical (unpaired) electrons. The molecular formula is C17H28ClN4O+. The number of nitrogens with two attached hydrogens (primary N) is 1. The monoisotopic (exact) mass is 339 g/mol. The number of nitrogens with one attached hydrogen (secondary N) is 1. The minimum absolute atomic E-state index is 0. The predicted octanol–water partition coefficient (Wildman–Crippen LogP) is -2.94. The summed E-state index contributed by atoms with van der Waals surface area (Å²) in [5, 5.41) is 3.19. The van der Waals surface area contributed by atoms with E-state index in [1.807, 2.05) is 7.05 Å². The maximum atomic E-state index is 11.3. The molecule has 0 atom stereocenters. The second-order valence-electron chi connectivity index (χ2n) is 7.15. The summed E-state index contributed by atoms with van der Waals surface area (Å²) in [7, 11) is 1.98. The molecule has 1 aromatic carbocycles. The van der Waals surface area contributed by atoms with Crippen LogP contribution in [0.4, 0.5) is 0 Å². The van der Waals surface area contributed by atoms with Gasteiger partial charge in [-0.15, -0.1) is 0 Å². The van der Waals surface area contributed by atoms with E-state index in [1.165, 1.54) is 35.2 Å². The number of quaternary nitrogens is 2. The second kappa shape index (κ2) is 7.18. The van der Waals surface area contributed by atoms with Gasteiger partial charge in [-0.2, -0.15) is 0 Å². The van der Waals surface area contributed by atoms with E-state index in [4.69, 9.17) is 5.73 Å². The maximum Gasteiger partial charge on any atom is 0.272 e. The smallest absolute Gasteiger partial charge is 0.272 e. The molecule has 0 aromatic heterocycles. The van der Waals surface area contributed by atoms with Gasteiger partial charge in [0.1, 0.15) is 45.8 Å². The summed E-state index contributed by atoms with van der Waals surface area (Å²) < 4.78 is 2.11. The van der Waals surface area contributed by atoms with Crippen LogP contribution in [-0.2, 0) is 17.9 Å². The van der Waals surface area contributed by atoms with E-state index in [0.717, 1.165) is 37.2 Å². The Balaban J connectivity index is 0.00000192. The molecular weight excluding hydrogens is 312 g/mol. The first kappa shape index (κ1) is 18.2. The zero-order valence-electron chi connectivity index (χ0n) is 13.9. The van der Waals surface area contributed by atoms with Crippen LogP contribution in [0, 0.1) is 0 Å². The number of nitrogens with zero attached hydrogens (tertiary/aromatic N) is 2. The topological polar surface area (TPSA) is 55.1 Å². The average Bonchev–Trinajstić information content (AvgIpc) is 2.51. The Morgan fingerprint density at radius 3 is 1.96 bits per heavy atom. The molecule has 0 unspecified atom stereocenters. The molecule has 4 rings (SSSR count). The first-order valence-electron chi connectivity index (χ1n) is 8.26. The number of carbonyl (C=O) groups excluding carboxylic acids is 1. The van der Waals surface area contributed by atoms with E-state index in [1.54, 1.807) is 0 Å². The van der Waals surface area contributed by atoms with Crippen molar-refractivity contribution in [3.63, 3.8) is 0 Å². The number of fused-ring (bicyclic) bond motifs is 3. The lowest BCUT2D eigenvalue weighted by molar-refractivity contribution is -1.08. The Hall–Kier alpha value is -1.14. The predicted molar refractivity (Wildman–Crippen MR) is 86.7 cm³/mol. The van der Waals surface area contributed by atoms with Gasteiger partial charge in [-0.05, 0) is 12.6 Å². The van der Waals surface area contributed by atoms with E-state index >= 15 is 0 Å². The highest BCUT2D eigenvalue weighted by Crippen LogP contribution is 2.28. The molecule has 1 amide bonds. The minimum Gasteiger partial charge on any atom is -1.00 e.